The average molecular weight is 368 g/mol. The maximum atomic E-state index is 12.6. The van der Waals surface area contributed by atoms with Gasteiger partial charge in [0, 0.05) is 23.7 Å². The molecule has 0 saturated carbocycles. The third kappa shape index (κ3) is 4.47. The zero-order valence-corrected chi connectivity index (χ0v) is 15.5. The molecule has 0 atom stereocenters. The van der Waals surface area contributed by atoms with Gasteiger partial charge in [0.05, 0.1) is 22.9 Å². The molecular formula is C20H20N2O3S. The van der Waals surface area contributed by atoms with Crippen LogP contribution in [0.15, 0.2) is 53.9 Å². The fourth-order valence-electron chi connectivity index (χ4n) is 2.43. The number of carbonyl (C=O) groups excluding carboxylic acids is 1. The Morgan fingerprint density at radius 2 is 1.88 bits per heavy atom. The van der Waals surface area contributed by atoms with Gasteiger partial charge in [0.2, 0.25) is 0 Å². The molecule has 0 aliphatic heterocycles. The van der Waals surface area contributed by atoms with Gasteiger partial charge in [-0.05, 0) is 31.2 Å². The highest BCUT2D eigenvalue weighted by Crippen LogP contribution is 2.24. The third-order valence-electron chi connectivity index (χ3n) is 3.73. The fourth-order valence-corrected chi connectivity index (χ4v) is 3.06. The van der Waals surface area contributed by atoms with Gasteiger partial charge in [0.25, 0.3) is 5.91 Å². The number of hydrogen-bond donors (Lipinski definition) is 1. The minimum Gasteiger partial charge on any atom is -0.490 e. The molecule has 0 bridgehead atoms. The second-order valence-corrected chi connectivity index (χ2v) is 6.68. The van der Waals surface area contributed by atoms with Gasteiger partial charge in [0.1, 0.15) is 12.4 Å². The molecule has 6 heteroatoms. The summed E-state index contributed by atoms with van der Waals surface area (Å²) in [6.07, 6.45) is 0. The maximum absolute atomic E-state index is 12.6. The quantitative estimate of drug-likeness (QED) is 0.628. The van der Waals surface area contributed by atoms with Crippen LogP contribution in [0.4, 0.5) is 5.69 Å². The predicted molar refractivity (Wildman–Crippen MR) is 104 cm³/mol. The van der Waals surface area contributed by atoms with E-state index in [1.165, 1.54) is 0 Å². The van der Waals surface area contributed by atoms with Crippen LogP contribution in [0.5, 0.6) is 5.75 Å². The van der Waals surface area contributed by atoms with E-state index in [1.807, 2.05) is 48.7 Å². The van der Waals surface area contributed by atoms with Gasteiger partial charge in [-0.3, -0.25) is 4.79 Å². The van der Waals surface area contributed by atoms with Gasteiger partial charge in [-0.2, -0.15) is 0 Å². The van der Waals surface area contributed by atoms with Crippen molar-refractivity contribution < 1.29 is 14.3 Å². The van der Waals surface area contributed by atoms with E-state index in [0.717, 1.165) is 22.0 Å². The van der Waals surface area contributed by atoms with Crippen LogP contribution >= 0.6 is 11.3 Å². The zero-order chi connectivity index (χ0) is 18.4. The number of benzene rings is 2. The van der Waals surface area contributed by atoms with Crippen LogP contribution in [0.1, 0.15) is 15.4 Å². The molecule has 26 heavy (non-hydrogen) atoms. The lowest BCUT2D eigenvalue weighted by Gasteiger charge is -2.11. The fraction of sp³-hybridized carbons (Fsp3) is 0.200. The van der Waals surface area contributed by atoms with E-state index < -0.39 is 0 Å². The number of carbonyl (C=O) groups is 1. The number of methoxy groups -OCH3 is 1. The van der Waals surface area contributed by atoms with Crippen LogP contribution < -0.4 is 10.1 Å². The average Bonchev–Trinajstić information content (AvgIpc) is 3.09. The van der Waals surface area contributed by atoms with Crippen molar-refractivity contribution in [3.05, 3.63) is 64.5 Å². The number of aryl methyl sites for hydroxylation is 1. The molecular weight excluding hydrogens is 348 g/mol. The first-order valence-electron chi connectivity index (χ1n) is 8.22. The molecule has 0 aliphatic rings. The van der Waals surface area contributed by atoms with E-state index in [4.69, 9.17) is 9.47 Å². The largest absolute Gasteiger partial charge is 0.490 e. The van der Waals surface area contributed by atoms with Crippen molar-refractivity contribution in [1.29, 1.82) is 0 Å². The second kappa shape index (κ2) is 8.60. The third-order valence-corrected chi connectivity index (χ3v) is 4.51. The standard InChI is InChI=1S/C20H20N2O3S/c1-14-21-18(13-26-14)15-7-9-16(10-8-15)22-20(23)17-5-3-4-6-19(17)25-12-11-24-2/h3-10,13H,11-12H2,1-2H3,(H,22,23). The molecule has 0 fully saturated rings. The smallest absolute Gasteiger partial charge is 0.259 e. The lowest BCUT2D eigenvalue weighted by atomic mass is 10.1. The number of aromatic nitrogens is 1. The predicted octanol–water partition coefficient (Wildman–Crippen LogP) is 4.40. The number of anilines is 1. The highest BCUT2D eigenvalue weighted by Gasteiger charge is 2.12. The molecule has 0 spiro atoms. The molecule has 1 N–H and O–H groups in total. The minimum absolute atomic E-state index is 0.213. The summed E-state index contributed by atoms with van der Waals surface area (Å²) in [7, 11) is 1.61. The first kappa shape index (κ1) is 18.1. The van der Waals surface area contributed by atoms with Gasteiger partial charge < -0.3 is 14.8 Å². The summed E-state index contributed by atoms with van der Waals surface area (Å²) in [4.78, 5) is 17.1. The van der Waals surface area contributed by atoms with Crippen LogP contribution in [0.3, 0.4) is 0 Å². The highest BCUT2D eigenvalue weighted by atomic mass is 32.1. The molecule has 3 rings (SSSR count). The second-order valence-electron chi connectivity index (χ2n) is 5.62. The van der Waals surface area contributed by atoms with Crippen LogP contribution in [0.2, 0.25) is 0 Å². The Balaban J connectivity index is 1.70. The van der Waals surface area contributed by atoms with Crippen LogP contribution in [-0.2, 0) is 4.74 Å². The van der Waals surface area contributed by atoms with E-state index in [1.54, 1.807) is 30.6 Å². The van der Waals surface area contributed by atoms with E-state index >= 15 is 0 Å². The van der Waals surface area contributed by atoms with Crippen LogP contribution in [0, 0.1) is 6.92 Å². The molecule has 134 valence electrons. The van der Waals surface area contributed by atoms with E-state index in [9.17, 15) is 4.79 Å². The number of thiazole rings is 1. The van der Waals surface area contributed by atoms with Crippen LogP contribution in [-0.4, -0.2) is 31.2 Å². The van der Waals surface area contributed by atoms with E-state index in [-0.39, 0.29) is 5.91 Å². The Morgan fingerprint density at radius 1 is 1.12 bits per heavy atom. The van der Waals surface area contributed by atoms with Crippen molar-refractivity contribution in [2.75, 3.05) is 25.6 Å². The first-order chi connectivity index (χ1) is 12.7. The zero-order valence-electron chi connectivity index (χ0n) is 14.7. The molecule has 5 nitrogen and oxygen atoms in total. The van der Waals surface area contributed by atoms with Gasteiger partial charge >= 0.3 is 0 Å². The number of rotatable bonds is 7. The highest BCUT2D eigenvalue weighted by molar-refractivity contribution is 7.09. The summed E-state index contributed by atoms with van der Waals surface area (Å²) in [6, 6.07) is 14.8. The van der Waals surface area contributed by atoms with Crippen molar-refractivity contribution in [2.24, 2.45) is 0 Å². The summed E-state index contributed by atoms with van der Waals surface area (Å²) in [5.41, 5.74) is 3.18. The van der Waals surface area contributed by atoms with Gasteiger partial charge in [-0.25, -0.2) is 4.98 Å². The molecule has 1 aromatic heterocycles. The molecule has 0 unspecified atom stereocenters. The summed E-state index contributed by atoms with van der Waals surface area (Å²) in [5, 5.41) is 5.96. The molecule has 1 heterocycles. The van der Waals surface area contributed by atoms with Crippen molar-refractivity contribution in [1.82, 2.24) is 4.98 Å². The summed E-state index contributed by atoms with van der Waals surface area (Å²) >= 11 is 1.62. The maximum Gasteiger partial charge on any atom is 0.259 e. The Morgan fingerprint density at radius 3 is 2.58 bits per heavy atom. The molecule has 0 radical (unpaired) electrons. The SMILES string of the molecule is COCCOc1ccccc1C(=O)Nc1ccc(-c2csc(C)n2)cc1. The number of hydrogen-bond acceptors (Lipinski definition) is 5. The summed E-state index contributed by atoms with van der Waals surface area (Å²) in [6.45, 7) is 2.84. The molecule has 1 amide bonds. The summed E-state index contributed by atoms with van der Waals surface area (Å²) in [5.74, 6) is 0.326. The Kier molecular flexibility index (Phi) is 5.99. The Hall–Kier alpha value is -2.70. The number of nitrogens with one attached hydrogen (secondary N) is 1. The van der Waals surface area contributed by atoms with E-state index in [2.05, 4.69) is 10.3 Å². The minimum atomic E-state index is -0.213. The summed E-state index contributed by atoms with van der Waals surface area (Å²) < 4.78 is 10.6. The molecule has 0 aliphatic carbocycles. The van der Waals surface area contributed by atoms with Crippen molar-refractivity contribution in [3.8, 4) is 17.0 Å². The number of para-hydroxylation sites is 1. The molecule has 2 aromatic carbocycles. The number of ether oxygens (including phenoxy) is 2. The Bertz CT molecular complexity index is 875. The van der Waals surface area contributed by atoms with Crippen molar-refractivity contribution in [2.45, 2.75) is 6.92 Å². The van der Waals surface area contributed by atoms with Gasteiger partial charge in [-0.1, -0.05) is 24.3 Å². The van der Waals surface area contributed by atoms with Crippen molar-refractivity contribution >= 4 is 22.9 Å². The normalized spacial score (nSPS) is 10.5. The monoisotopic (exact) mass is 368 g/mol. The lowest BCUT2D eigenvalue weighted by Crippen LogP contribution is -2.14. The van der Waals surface area contributed by atoms with Gasteiger partial charge in [0.15, 0.2) is 0 Å². The topological polar surface area (TPSA) is 60.5 Å². The van der Waals surface area contributed by atoms with Crippen molar-refractivity contribution in [3.63, 3.8) is 0 Å². The van der Waals surface area contributed by atoms with E-state index in [0.29, 0.717) is 24.5 Å². The Labute approximate surface area is 156 Å². The lowest BCUT2D eigenvalue weighted by molar-refractivity contribution is 0.101. The van der Waals surface area contributed by atoms with Gasteiger partial charge in [-0.15, -0.1) is 11.3 Å². The first-order valence-corrected chi connectivity index (χ1v) is 9.10. The molecule has 3 aromatic rings. The van der Waals surface area contributed by atoms with Crippen LogP contribution in [0.25, 0.3) is 11.3 Å². The number of amides is 1. The molecule has 0 saturated heterocycles. The number of nitrogens with zero attached hydrogens (tertiary/aromatic N) is 1.